The quantitative estimate of drug-likeness (QED) is 0.438. The Labute approximate surface area is 144 Å². The lowest BCUT2D eigenvalue weighted by molar-refractivity contribution is -0.132. The summed E-state index contributed by atoms with van der Waals surface area (Å²) >= 11 is 0. The van der Waals surface area contributed by atoms with Crippen molar-refractivity contribution in [3.8, 4) is 0 Å². The standard InChI is InChI=1S/C24H26/c1-16-11-12-20-15-24(16,23(20,2)3)22-10-6-9-19-13-17-7-4-5-8-18(17)14-21(19)22/h4-10,13-14,16,20H,11-12,15H2,1-3H3. The normalized spacial score (nSPS) is 31.1. The van der Waals surface area contributed by atoms with Gasteiger partial charge in [0.05, 0.1) is 0 Å². The van der Waals surface area contributed by atoms with E-state index in [1.54, 1.807) is 5.56 Å². The molecule has 3 saturated carbocycles. The van der Waals surface area contributed by atoms with Crippen LogP contribution in [-0.4, -0.2) is 0 Å². The van der Waals surface area contributed by atoms with Gasteiger partial charge in [0, 0.05) is 5.41 Å². The lowest BCUT2D eigenvalue weighted by Gasteiger charge is -2.69. The Hall–Kier alpha value is -1.82. The summed E-state index contributed by atoms with van der Waals surface area (Å²) in [5, 5.41) is 5.60. The van der Waals surface area contributed by atoms with Crippen LogP contribution in [0.1, 0.15) is 45.6 Å². The summed E-state index contributed by atoms with van der Waals surface area (Å²) in [4.78, 5) is 0. The largest absolute Gasteiger partial charge is 0.0616 e. The summed E-state index contributed by atoms with van der Waals surface area (Å²) in [5.41, 5.74) is 2.39. The third kappa shape index (κ3) is 1.60. The first-order valence-corrected chi connectivity index (χ1v) is 9.46. The predicted molar refractivity (Wildman–Crippen MR) is 103 cm³/mol. The zero-order valence-electron chi connectivity index (χ0n) is 15.0. The zero-order chi connectivity index (χ0) is 16.5. The molecule has 0 heterocycles. The molecule has 3 atom stereocenters. The van der Waals surface area contributed by atoms with Gasteiger partial charge in [-0.1, -0.05) is 63.2 Å². The van der Waals surface area contributed by atoms with Crippen LogP contribution >= 0.6 is 0 Å². The van der Waals surface area contributed by atoms with Gasteiger partial charge < -0.3 is 0 Å². The van der Waals surface area contributed by atoms with E-state index in [9.17, 15) is 0 Å². The smallest absolute Gasteiger partial charge is 0.00413 e. The second-order valence-electron chi connectivity index (χ2n) is 8.80. The number of benzene rings is 3. The van der Waals surface area contributed by atoms with Crippen molar-refractivity contribution in [2.24, 2.45) is 17.3 Å². The Morgan fingerprint density at radius 1 is 0.833 bits per heavy atom. The summed E-state index contributed by atoms with van der Waals surface area (Å²) in [5.74, 6) is 1.68. The van der Waals surface area contributed by atoms with Gasteiger partial charge in [0.1, 0.15) is 0 Å². The van der Waals surface area contributed by atoms with Crippen molar-refractivity contribution in [1.82, 2.24) is 0 Å². The fourth-order valence-corrected chi connectivity index (χ4v) is 6.22. The van der Waals surface area contributed by atoms with Crippen LogP contribution in [0.4, 0.5) is 0 Å². The third-order valence-electron chi connectivity index (χ3n) is 7.76. The summed E-state index contributed by atoms with van der Waals surface area (Å²) in [6.07, 6.45) is 4.19. The van der Waals surface area contributed by atoms with Crippen molar-refractivity contribution >= 4 is 21.5 Å². The van der Waals surface area contributed by atoms with Crippen LogP contribution in [0, 0.1) is 17.3 Å². The van der Waals surface area contributed by atoms with Crippen LogP contribution in [0.25, 0.3) is 21.5 Å². The summed E-state index contributed by atoms with van der Waals surface area (Å²) < 4.78 is 0. The minimum atomic E-state index is 0.359. The second kappa shape index (κ2) is 4.63. The molecule has 0 nitrogen and oxygen atoms in total. The van der Waals surface area contributed by atoms with E-state index < -0.39 is 0 Å². The molecule has 0 amide bonds. The van der Waals surface area contributed by atoms with Crippen molar-refractivity contribution in [3.63, 3.8) is 0 Å². The van der Waals surface area contributed by atoms with Crippen molar-refractivity contribution in [3.05, 3.63) is 60.2 Å². The molecular weight excluding hydrogens is 288 g/mol. The number of fused-ring (bicyclic) bond motifs is 4. The lowest BCUT2D eigenvalue weighted by Crippen LogP contribution is -2.64. The molecule has 0 N–H and O–H groups in total. The van der Waals surface area contributed by atoms with Gasteiger partial charge in [-0.3, -0.25) is 0 Å². The Kier molecular flexibility index (Phi) is 2.80. The van der Waals surface area contributed by atoms with Crippen molar-refractivity contribution in [1.29, 1.82) is 0 Å². The van der Waals surface area contributed by atoms with Gasteiger partial charge in [0.15, 0.2) is 0 Å². The van der Waals surface area contributed by atoms with Crippen LogP contribution in [-0.2, 0) is 5.41 Å². The number of hydrogen-bond acceptors (Lipinski definition) is 0. The van der Waals surface area contributed by atoms with E-state index in [1.807, 2.05) is 0 Å². The van der Waals surface area contributed by atoms with Crippen LogP contribution in [0.15, 0.2) is 54.6 Å². The molecular formula is C24H26. The topological polar surface area (TPSA) is 0 Å². The molecule has 3 unspecified atom stereocenters. The van der Waals surface area contributed by atoms with Crippen LogP contribution < -0.4 is 0 Å². The van der Waals surface area contributed by atoms with Gasteiger partial charge in [0.2, 0.25) is 0 Å². The van der Waals surface area contributed by atoms with Gasteiger partial charge in [0.25, 0.3) is 0 Å². The van der Waals surface area contributed by atoms with Crippen LogP contribution in [0.5, 0.6) is 0 Å². The molecule has 6 rings (SSSR count). The average Bonchev–Trinajstić information content (AvgIpc) is 2.59. The van der Waals surface area contributed by atoms with Crippen molar-refractivity contribution in [2.45, 2.75) is 45.4 Å². The predicted octanol–water partition coefficient (Wildman–Crippen LogP) is 6.71. The number of rotatable bonds is 1. The summed E-state index contributed by atoms with van der Waals surface area (Å²) in [6, 6.07) is 20.6. The fourth-order valence-electron chi connectivity index (χ4n) is 6.22. The van der Waals surface area contributed by atoms with Crippen LogP contribution in [0.3, 0.4) is 0 Å². The molecule has 2 bridgehead atoms. The van der Waals surface area contributed by atoms with Crippen molar-refractivity contribution in [2.75, 3.05) is 0 Å². The average molecular weight is 314 g/mol. The monoisotopic (exact) mass is 314 g/mol. The van der Waals surface area contributed by atoms with E-state index in [0.717, 1.165) is 11.8 Å². The molecule has 0 aromatic heterocycles. The maximum absolute atomic E-state index is 2.52. The molecule has 0 spiro atoms. The van der Waals surface area contributed by atoms with Gasteiger partial charge in [-0.05, 0) is 75.8 Å². The molecule has 3 fully saturated rings. The maximum atomic E-state index is 2.52. The van der Waals surface area contributed by atoms with Crippen molar-refractivity contribution < 1.29 is 0 Å². The second-order valence-corrected chi connectivity index (χ2v) is 8.80. The molecule has 24 heavy (non-hydrogen) atoms. The molecule has 0 saturated heterocycles. The molecule has 3 aliphatic carbocycles. The Morgan fingerprint density at radius 2 is 1.54 bits per heavy atom. The molecule has 3 aromatic carbocycles. The molecule has 3 aromatic rings. The first kappa shape index (κ1) is 14.5. The minimum absolute atomic E-state index is 0.359. The SMILES string of the molecule is CC1CCC2CC1(c1cccc3cc4ccccc4cc13)C2(C)C. The summed E-state index contributed by atoms with van der Waals surface area (Å²) in [7, 11) is 0. The van der Waals surface area contributed by atoms with E-state index in [2.05, 4.69) is 75.4 Å². The van der Waals surface area contributed by atoms with E-state index in [0.29, 0.717) is 10.8 Å². The van der Waals surface area contributed by atoms with E-state index in [4.69, 9.17) is 0 Å². The lowest BCUT2D eigenvalue weighted by atomic mass is 9.35. The highest BCUT2D eigenvalue weighted by Crippen LogP contribution is 2.70. The first-order valence-electron chi connectivity index (χ1n) is 9.46. The maximum Gasteiger partial charge on any atom is 0.00413 e. The highest BCUT2D eigenvalue weighted by Gasteiger charge is 2.65. The minimum Gasteiger partial charge on any atom is -0.0616 e. The Balaban J connectivity index is 1.82. The third-order valence-corrected chi connectivity index (χ3v) is 7.76. The molecule has 122 valence electrons. The van der Waals surface area contributed by atoms with Gasteiger partial charge in [-0.25, -0.2) is 0 Å². The zero-order valence-corrected chi connectivity index (χ0v) is 15.0. The molecule has 3 aliphatic rings. The molecule has 0 heteroatoms. The molecule has 0 aliphatic heterocycles. The Bertz CT molecular complexity index is 949. The Morgan fingerprint density at radius 3 is 2.25 bits per heavy atom. The van der Waals surface area contributed by atoms with Gasteiger partial charge >= 0.3 is 0 Å². The van der Waals surface area contributed by atoms with E-state index in [-0.39, 0.29) is 0 Å². The van der Waals surface area contributed by atoms with E-state index in [1.165, 1.54) is 40.8 Å². The summed E-state index contributed by atoms with van der Waals surface area (Å²) in [6.45, 7) is 7.55. The van der Waals surface area contributed by atoms with Gasteiger partial charge in [-0.2, -0.15) is 0 Å². The highest BCUT2D eigenvalue weighted by molar-refractivity contribution is 6.00. The molecule has 0 radical (unpaired) electrons. The van der Waals surface area contributed by atoms with Gasteiger partial charge in [-0.15, -0.1) is 0 Å². The first-order chi connectivity index (χ1) is 11.5. The highest BCUT2D eigenvalue weighted by atomic mass is 14.7. The number of hydrogen-bond donors (Lipinski definition) is 0. The van der Waals surface area contributed by atoms with E-state index >= 15 is 0 Å². The fraction of sp³-hybridized carbons (Fsp3) is 0.417. The van der Waals surface area contributed by atoms with Crippen LogP contribution in [0.2, 0.25) is 0 Å².